The SMILES string of the molecule is CCNC(=NCCn1ccnc1)N1CCN(C(=O)Cc2cccc(Cl)c2)CC1. The molecule has 28 heavy (non-hydrogen) atoms. The molecular weight excluding hydrogens is 376 g/mol. The number of carbonyl (C=O) groups excluding carboxylic acids is 1. The average Bonchev–Trinajstić information content (AvgIpc) is 3.21. The van der Waals surface area contributed by atoms with Gasteiger partial charge in [0.25, 0.3) is 0 Å². The third-order valence-electron chi connectivity index (χ3n) is 4.69. The van der Waals surface area contributed by atoms with Crippen molar-refractivity contribution in [2.45, 2.75) is 19.9 Å². The molecule has 1 saturated heterocycles. The van der Waals surface area contributed by atoms with Crippen LogP contribution in [0.1, 0.15) is 12.5 Å². The van der Waals surface area contributed by atoms with E-state index in [0.29, 0.717) is 31.1 Å². The van der Waals surface area contributed by atoms with E-state index in [4.69, 9.17) is 16.6 Å². The molecule has 3 rings (SSSR count). The van der Waals surface area contributed by atoms with Gasteiger partial charge in [-0.25, -0.2) is 4.98 Å². The third kappa shape index (κ3) is 5.73. The third-order valence-corrected chi connectivity index (χ3v) is 4.93. The fourth-order valence-electron chi connectivity index (χ4n) is 3.22. The van der Waals surface area contributed by atoms with E-state index in [0.717, 1.165) is 37.7 Å². The van der Waals surface area contributed by atoms with Crippen LogP contribution in [-0.4, -0.2) is 70.5 Å². The van der Waals surface area contributed by atoms with Crippen LogP contribution in [0.15, 0.2) is 48.0 Å². The molecule has 0 atom stereocenters. The predicted octanol–water partition coefficient (Wildman–Crippen LogP) is 1.89. The van der Waals surface area contributed by atoms with Gasteiger partial charge in [-0.3, -0.25) is 9.79 Å². The molecule has 1 aromatic carbocycles. The Morgan fingerprint density at radius 3 is 2.71 bits per heavy atom. The number of amides is 1. The van der Waals surface area contributed by atoms with Crippen molar-refractivity contribution in [1.82, 2.24) is 24.7 Å². The molecule has 0 radical (unpaired) electrons. The number of guanidine groups is 1. The first-order chi connectivity index (χ1) is 13.7. The largest absolute Gasteiger partial charge is 0.357 e. The van der Waals surface area contributed by atoms with Gasteiger partial charge in [-0.15, -0.1) is 0 Å². The molecule has 150 valence electrons. The van der Waals surface area contributed by atoms with Gasteiger partial charge in [0.1, 0.15) is 0 Å². The van der Waals surface area contributed by atoms with Gasteiger partial charge in [-0.05, 0) is 24.6 Å². The smallest absolute Gasteiger partial charge is 0.227 e. The molecule has 2 aromatic rings. The molecule has 1 amide bonds. The Hall–Kier alpha value is -2.54. The Balaban J connectivity index is 1.51. The minimum Gasteiger partial charge on any atom is -0.357 e. The van der Waals surface area contributed by atoms with E-state index in [1.54, 1.807) is 12.5 Å². The highest BCUT2D eigenvalue weighted by atomic mass is 35.5. The first kappa shape index (κ1) is 20.2. The van der Waals surface area contributed by atoms with Crippen LogP contribution in [0.2, 0.25) is 5.02 Å². The summed E-state index contributed by atoms with van der Waals surface area (Å²) < 4.78 is 2.01. The summed E-state index contributed by atoms with van der Waals surface area (Å²) >= 11 is 6.02. The molecule has 0 aliphatic carbocycles. The van der Waals surface area contributed by atoms with Crippen molar-refractivity contribution in [2.24, 2.45) is 4.99 Å². The van der Waals surface area contributed by atoms with Crippen LogP contribution in [0.25, 0.3) is 0 Å². The second kappa shape index (κ2) is 10.1. The number of nitrogens with zero attached hydrogens (tertiary/aromatic N) is 5. The number of hydrogen-bond acceptors (Lipinski definition) is 3. The molecule has 0 unspecified atom stereocenters. The topological polar surface area (TPSA) is 65.8 Å². The summed E-state index contributed by atoms with van der Waals surface area (Å²) in [5.41, 5.74) is 0.953. The summed E-state index contributed by atoms with van der Waals surface area (Å²) in [7, 11) is 0. The van der Waals surface area contributed by atoms with E-state index >= 15 is 0 Å². The Morgan fingerprint density at radius 1 is 1.25 bits per heavy atom. The van der Waals surface area contributed by atoms with E-state index in [2.05, 4.69) is 22.1 Å². The number of piperazine rings is 1. The molecule has 8 heteroatoms. The predicted molar refractivity (Wildman–Crippen MR) is 112 cm³/mol. The van der Waals surface area contributed by atoms with E-state index in [-0.39, 0.29) is 5.91 Å². The summed E-state index contributed by atoms with van der Waals surface area (Å²) in [4.78, 5) is 25.5. The summed E-state index contributed by atoms with van der Waals surface area (Å²) in [5, 5.41) is 4.02. The van der Waals surface area contributed by atoms with Crippen LogP contribution in [-0.2, 0) is 17.8 Å². The van der Waals surface area contributed by atoms with Crippen molar-refractivity contribution < 1.29 is 4.79 Å². The zero-order chi connectivity index (χ0) is 19.8. The Morgan fingerprint density at radius 2 is 2.04 bits per heavy atom. The van der Waals surface area contributed by atoms with Crippen LogP contribution >= 0.6 is 11.6 Å². The lowest BCUT2D eigenvalue weighted by Crippen LogP contribution is -2.54. The van der Waals surface area contributed by atoms with E-state index < -0.39 is 0 Å². The van der Waals surface area contributed by atoms with Gasteiger partial charge in [0.05, 0.1) is 19.3 Å². The van der Waals surface area contributed by atoms with Crippen LogP contribution in [0.3, 0.4) is 0 Å². The number of halogens is 1. The Labute approximate surface area is 171 Å². The molecule has 0 bridgehead atoms. The first-order valence-corrected chi connectivity index (χ1v) is 10.0. The molecule has 1 fully saturated rings. The van der Waals surface area contributed by atoms with Gasteiger partial charge in [0.2, 0.25) is 5.91 Å². The van der Waals surface area contributed by atoms with E-state index in [1.807, 2.05) is 39.9 Å². The highest BCUT2D eigenvalue weighted by molar-refractivity contribution is 6.30. The van der Waals surface area contributed by atoms with Crippen LogP contribution < -0.4 is 5.32 Å². The van der Waals surface area contributed by atoms with E-state index in [1.165, 1.54) is 0 Å². The van der Waals surface area contributed by atoms with Crippen molar-refractivity contribution in [3.63, 3.8) is 0 Å². The minimum absolute atomic E-state index is 0.143. The van der Waals surface area contributed by atoms with Gasteiger partial charge in [-0.1, -0.05) is 23.7 Å². The summed E-state index contributed by atoms with van der Waals surface area (Å²) in [6.07, 6.45) is 5.90. The molecule has 7 nitrogen and oxygen atoms in total. The van der Waals surface area contributed by atoms with Crippen molar-refractivity contribution in [2.75, 3.05) is 39.3 Å². The van der Waals surface area contributed by atoms with E-state index in [9.17, 15) is 4.79 Å². The highest BCUT2D eigenvalue weighted by Crippen LogP contribution is 2.13. The number of hydrogen-bond donors (Lipinski definition) is 1. The van der Waals surface area contributed by atoms with Crippen LogP contribution in [0.4, 0.5) is 0 Å². The van der Waals surface area contributed by atoms with Crippen LogP contribution in [0.5, 0.6) is 0 Å². The number of rotatable bonds is 6. The number of nitrogens with one attached hydrogen (secondary N) is 1. The fraction of sp³-hybridized carbons (Fsp3) is 0.450. The molecule has 1 N–H and O–H groups in total. The summed E-state index contributed by atoms with van der Waals surface area (Å²) in [6, 6.07) is 7.50. The number of imidazole rings is 1. The lowest BCUT2D eigenvalue weighted by Gasteiger charge is -2.36. The molecule has 0 saturated carbocycles. The van der Waals surface area contributed by atoms with Crippen molar-refractivity contribution in [1.29, 1.82) is 0 Å². The van der Waals surface area contributed by atoms with Crippen molar-refractivity contribution >= 4 is 23.5 Å². The van der Waals surface area contributed by atoms with Gasteiger partial charge in [0.15, 0.2) is 5.96 Å². The van der Waals surface area contributed by atoms with Crippen LogP contribution in [0, 0.1) is 0 Å². The summed E-state index contributed by atoms with van der Waals surface area (Å²) in [6.45, 7) is 7.32. The molecule has 1 aliphatic rings. The lowest BCUT2D eigenvalue weighted by atomic mass is 10.1. The average molecular weight is 403 g/mol. The molecule has 1 aromatic heterocycles. The number of aliphatic imine (C=N–C) groups is 1. The monoisotopic (exact) mass is 402 g/mol. The second-order valence-corrected chi connectivity index (χ2v) is 7.15. The zero-order valence-electron chi connectivity index (χ0n) is 16.2. The minimum atomic E-state index is 0.143. The van der Waals surface area contributed by atoms with Gasteiger partial charge in [-0.2, -0.15) is 0 Å². The van der Waals surface area contributed by atoms with Crippen molar-refractivity contribution in [3.8, 4) is 0 Å². The first-order valence-electron chi connectivity index (χ1n) is 9.67. The number of aromatic nitrogens is 2. The quantitative estimate of drug-likeness (QED) is 0.592. The molecule has 0 spiro atoms. The summed E-state index contributed by atoms with van der Waals surface area (Å²) in [5.74, 6) is 1.05. The molecule has 1 aliphatic heterocycles. The second-order valence-electron chi connectivity index (χ2n) is 6.71. The van der Waals surface area contributed by atoms with Gasteiger partial charge < -0.3 is 19.7 Å². The van der Waals surface area contributed by atoms with Crippen molar-refractivity contribution in [3.05, 3.63) is 53.6 Å². The fourth-order valence-corrected chi connectivity index (χ4v) is 3.43. The zero-order valence-corrected chi connectivity index (χ0v) is 17.0. The maximum Gasteiger partial charge on any atom is 0.227 e. The Bertz CT molecular complexity index is 784. The van der Waals surface area contributed by atoms with Gasteiger partial charge in [0, 0.05) is 56.7 Å². The Kier molecular flexibility index (Phi) is 7.31. The molecule has 2 heterocycles. The highest BCUT2D eigenvalue weighted by Gasteiger charge is 2.23. The number of benzene rings is 1. The van der Waals surface area contributed by atoms with Gasteiger partial charge >= 0.3 is 0 Å². The standard InChI is InChI=1S/C20H27ClN6O/c1-2-23-20(24-7-9-25-8-6-22-16-25)27-12-10-26(11-13-27)19(28)15-17-4-3-5-18(21)14-17/h3-6,8,14,16H,2,7,9-13,15H2,1H3,(H,23,24). The lowest BCUT2D eigenvalue weighted by molar-refractivity contribution is -0.131. The maximum absolute atomic E-state index is 12.6. The maximum atomic E-state index is 12.6. The molecular formula is C20H27ClN6O. The number of carbonyl (C=O) groups is 1. The normalized spacial score (nSPS) is 15.0.